The van der Waals surface area contributed by atoms with Crippen LogP contribution >= 0.6 is 7.60 Å². The van der Waals surface area contributed by atoms with Crippen LogP contribution < -0.4 is 0 Å². The Morgan fingerprint density at radius 2 is 2.08 bits per heavy atom. The summed E-state index contributed by atoms with van der Waals surface area (Å²) in [6, 6.07) is 0. The molecule has 0 aromatic rings. The van der Waals surface area contributed by atoms with Gasteiger partial charge in [-0.3, -0.25) is 4.57 Å². The molecular formula is C9H21O3P. The Bertz CT molecular complexity index is 168. The predicted molar refractivity (Wildman–Crippen MR) is 55.0 cm³/mol. The fourth-order valence-electron chi connectivity index (χ4n) is 0.854. The van der Waals surface area contributed by atoms with E-state index >= 15 is 0 Å². The lowest BCUT2D eigenvalue weighted by Gasteiger charge is -2.12. The molecule has 1 N–H and O–H groups in total. The van der Waals surface area contributed by atoms with Crippen molar-refractivity contribution < 1.29 is 14.0 Å². The van der Waals surface area contributed by atoms with Crippen LogP contribution in [0.1, 0.15) is 40.0 Å². The summed E-state index contributed by atoms with van der Waals surface area (Å²) in [6.07, 6.45) is 2.83. The van der Waals surface area contributed by atoms with Crippen LogP contribution in [0.4, 0.5) is 0 Å². The van der Waals surface area contributed by atoms with Crippen LogP contribution in [-0.2, 0) is 9.09 Å². The van der Waals surface area contributed by atoms with E-state index in [-0.39, 0.29) is 0 Å². The van der Waals surface area contributed by atoms with Gasteiger partial charge in [-0.05, 0) is 18.8 Å². The summed E-state index contributed by atoms with van der Waals surface area (Å²) in [7, 11) is -3.27. The van der Waals surface area contributed by atoms with E-state index in [0.29, 0.717) is 18.7 Å². The average Bonchev–Trinajstić information content (AvgIpc) is 2.00. The average molecular weight is 208 g/mol. The van der Waals surface area contributed by atoms with Crippen LogP contribution in [0.25, 0.3) is 0 Å². The second-order valence-electron chi connectivity index (χ2n) is 3.73. The van der Waals surface area contributed by atoms with Gasteiger partial charge in [0.05, 0.1) is 6.61 Å². The van der Waals surface area contributed by atoms with Crippen molar-refractivity contribution in [3.8, 4) is 0 Å². The number of hydrogen-bond acceptors (Lipinski definition) is 2. The van der Waals surface area contributed by atoms with E-state index in [4.69, 9.17) is 4.52 Å². The first-order valence-corrected chi connectivity index (χ1v) is 6.70. The summed E-state index contributed by atoms with van der Waals surface area (Å²) in [6.45, 7) is 6.53. The Hall–Kier alpha value is 0.150. The molecule has 0 aromatic heterocycles. The van der Waals surface area contributed by atoms with Gasteiger partial charge in [-0.2, -0.15) is 0 Å². The molecule has 0 heterocycles. The highest BCUT2D eigenvalue weighted by Crippen LogP contribution is 2.42. The van der Waals surface area contributed by atoms with Gasteiger partial charge < -0.3 is 9.42 Å². The summed E-state index contributed by atoms with van der Waals surface area (Å²) in [5, 5.41) is 0. The molecule has 0 bridgehead atoms. The topological polar surface area (TPSA) is 46.5 Å². The number of unbranched alkanes of at least 4 members (excludes halogenated alkanes) is 1. The lowest BCUT2D eigenvalue weighted by atomic mass is 10.2. The molecule has 0 aliphatic rings. The van der Waals surface area contributed by atoms with E-state index in [1.54, 1.807) is 0 Å². The Morgan fingerprint density at radius 1 is 1.46 bits per heavy atom. The zero-order valence-electron chi connectivity index (χ0n) is 8.82. The largest absolute Gasteiger partial charge is 0.328 e. The highest BCUT2D eigenvalue weighted by Gasteiger charge is 2.17. The molecule has 0 rings (SSSR count). The summed E-state index contributed by atoms with van der Waals surface area (Å²) in [5.41, 5.74) is 0. The lowest BCUT2D eigenvalue weighted by molar-refractivity contribution is 0.243. The van der Waals surface area contributed by atoms with Crippen LogP contribution in [0.3, 0.4) is 0 Å². The van der Waals surface area contributed by atoms with Crippen molar-refractivity contribution in [2.45, 2.75) is 40.0 Å². The lowest BCUT2D eigenvalue weighted by Crippen LogP contribution is -1.99. The molecule has 0 radical (unpaired) electrons. The maximum Gasteiger partial charge on any atom is 0.328 e. The van der Waals surface area contributed by atoms with E-state index in [1.165, 1.54) is 0 Å². The summed E-state index contributed by atoms with van der Waals surface area (Å²) in [4.78, 5) is 9.29. The van der Waals surface area contributed by atoms with Crippen molar-refractivity contribution in [3.63, 3.8) is 0 Å². The SMILES string of the molecule is CCCCP(=O)(O)OCCC(C)C. The van der Waals surface area contributed by atoms with E-state index in [1.807, 2.05) is 6.92 Å². The van der Waals surface area contributed by atoms with Crippen molar-refractivity contribution in [3.05, 3.63) is 0 Å². The molecular weight excluding hydrogens is 187 g/mol. The fourth-order valence-corrected chi connectivity index (χ4v) is 2.09. The Kier molecular flexibility index (Phi) is 6.66. The molecule has 1 atom stereocenters. The molecule has 0 amide bonds. The van der Waals surface area contributed by atoms with E-state index in [0.717, 1.165) is 19.3 Å². The summed E-state index contributed by atoms with van der Waals surface area (Å²) >= 11 is 0. The molecule has 0 aromatic carbocycles. The summed E-state index contributed by atoms with van der Waals surface area (Å²) < 4.78 is 16.2. The van der Waals surface area contributed by atoms with Gasteiger partial charge in [-0.25, -0.2) is 0 Å². The van der Waals surface area contributed by atoms with E-state index < -0.39 is 7.60 Å². The van der Waals surface area contributed by atoms with Gasteiger partial charge in [-0.1, -0.05) is 27.2 Å². The molecule has 3 nitrogen and oxygen atoms in total. The molecule has 1 unspecified atom stereocenters. The van der Waals surface area contributed by atoms with Gasteiger partial charge >= 0.3 is 7.60 Å². The molecule has 0 saturated heterocycles. The van der Waals surface area contributed by atoms with Gasteiger partial charge in [0, 0.05) is 6.16 Å². The van der Waals surface area contributed by atoms with Crippen LogP contribution in [0, 0.1) is 5.92 Å². The van der Waals surface area contributed by atoms with E-state index in [9.17, 15) is 9.46 Å². The summed E-state index contributed by atoms with van der Waals surface area (Å²) in [5.74, 6) is 0.520. The quantitative estimate of drug-likeness (QED) is 0.654. The Labute approximate surface area is 81.0 Å². The molecule has 4 heteroatoms. The Morgan fingerprint density at radius 3 is 2.54 bits per heavy atom. The second-order valence-corrected chi connectivity index (χ2v) is 5.71. The zero-order chi connectivity index (χ0) is 10.3. The smallest absolute Gasteiger partial charge is 0.324 e. The minimum Gasteiger partial charge on any atom is -0.324 e. The molecule has 0 aliphatic carbocycles. The van der Waals surface area contributed by atoms with Crippen molar-refractivity contribution >= 4 is 7.60 Å². The minimum absolute atomic E-state index is 0.293. The van der Waals surface area contributed by atoms with E-state index in [2.05, 4.69) is 13.8 Å². The van der Waals surface area contributed by atoms with Crippen LogP contribution in [0.2, 0.25) is 0 Å². The third-order valence-corrected chi connectivity index (χ3v) is 3.25. The monoisotopic (exact) mass is 208 g/mol. The van der Waals surface area contributed by atoms with Gasteiger partial charge in [-0.15, -0.1) is 0 Å². The predicted octanol–water partition coefficient (Wildman–Crippen LogP) is 3.03. The highest BCUT2D eigenvalue weighted by molar-refractivity contribution is 7.52. The van der Waals surface area contributed by atoms with Crippen LogP contribution in [0.5, 0.6) is 0 Å². The standard InChI is InChI=1S/C9H21O3P/c1-4-5-8-13(10,11)12-7-6-9(2)3/h9H,4-8H2,1-3H3,(H,10,11). The highest BCUT2D eigenvalue weighted by atomic mass is 31.2. The molecule has 0 spiro atoms. The van der Waals surface area contributed by atoms with Crippen molar-refractivity contribution in [1.29, 1.82) is 0 Å². The number of hydrogen-bond donors (Lipinski definition) is 1. The molecule has 0 saturated carbocycles. The molecule has 0 fully saturated rings. The Balaban J connectivity index is 3.57. The van der Waals surface area contributed by atoms with Crippen molar-refractivity contribution in [2.24, 2.45) is 5.92 Å². The third kappa shape index (κ3) is 8.48. The second kappa shape index (κ2) is 6.58. The maximum absolute atomic E-state index is 11.3. The zero-order valence-corrected chi connectivity index (χ0v) is 9.72. The normalized spacial score (nSPS) is 16.1. The fraction of sp³-hybridized carbons (Fsp3) is 1.00. The number of rotatable bonds is 7. The molecule has 80 valence electrons. The van der Waals surface area contributed by atoms with Gasteiger partial charge in [0.25, 0.3) is 0 Å². The minimum atomic E-state index is -3.27. The first-order chi connectivity index (χ1) is 5.98. The van der Waals surface area contributed by atoms with Gasteiger partial charge in [0.15, 0.2) is 0 Å². The first kappa shape index (κ1) is 13.2. The molecule has 0 aliphatic heterocycles. The van der Waals surface area contributed by atoms with Crippen LogP contribution in [-0.4, -0.2) is 17.7 Å². The first-order valence-electron chi connectivity index (χ1n) is 4.94. The van der Waals surface area contributed by atoms with Gasteiger partial charge in [0.2, 0.25) is 0 Å². The van der Waals surface area contributed by atoms with Gasteiger partial charge in [0.1, 0.15) is 0 Å². The maximum atomic E-state index is 11.3. The molecule has 13 heavy (non-hydrogen) atoms. The van der Waals surface area contributed by atoms with Crippen molar-refractivity contribution in [1.82, 2.24) is 0 Å². The third-order valence-electron chi connectivity index (χ3n) is 1.78. The van der Waals surface area contributed by atoms with Crippen LogP contribution in [0.15, 0.2) is 0 Å². The van der Waals surface area contributed by atoms with Crippen molar-refractivity contribution in [2.75, 3.05) is 12.8 Å².